The Balaban J connectivity index is 1.72. The van der Waals surface area contributed by atoms with Crippen LogP contribution in [0.4, 0.5) is 0 Å². The van der Waals surface area contributed by atoms with E-state index in [1.165, 1.54) is 19.4 Å². The summed E-state index contributed by atoms with van der Waals surface area (Å²) >= 11 is 0. The van der Waals surface area contributed by atoms with Crippen LogP contribution in [0.5, 0.6) is 5.75 Å². The highest BCUT2D eigenvalue weighted by Crippen LogP contribution is 2.22. The molecule has 1 saturated heterocycles. The molecule has 1 heterocycles. The van der Waals surface area contributed by atoms with Gasteiger partial charge in [-0.15, -0.1) is 0 Å². The fraction of sp³-hybridized carbons (Fsp3) is 0.588. The van der Waals surface area contributed by atoms with E-state index in [2.05, 4.69) is 18.7 Å². The van der Waals surface area contributed by atoms with E-state index in [4.69, 9.17) is 9.84 Å². The molecule has 1 fully saturated rings. The lowest BCUT2D eigenvalue weighted by molar-refractivity contribution is 0.0696. The van der Waals surface area contributed by atoms with E-state index in [9.17, 15) is 4.79 Å². The standard InChI is InChI=1S/C17H25NO3/c1-13-7-9-18(14(2)11-13)8-4-10-21-16-6-3-5-15(12-16)17(19)20/h3,5-6,12-14H,4,7-11H2,1-2H3,(H,19,20). The zero-order chi connectivity index (χ0) is 15.2. The molecule has 0 amide bonds. The van der Waals surface area contributed by atoms with E-state index in [0.29, 0.717) is 18.4 Å². The first-order chi connectivity index (χ1) is 10.1. The van der Waals surface area contributed by atoms with Crippen LogP contribution >= 0.6 is 0 Å². The molecule has 1 aromatic rings. The van der Waals surface area contributed by atoms with Gasteiger partial charge in [0.2, 0.25) is 0 Å². The number of carboxylic acids is 1. The number of hydrogen-bond acceptors (Lipinski definition) is 3. The van der Waals surface area contributed by atoms with E-state index in [1.54, 1.807) is 24.3 Å². The van der Waals surface area contributed by atoms with Crippen molar-refractivity contribution in [1.82, 2.24) is 4.90 Å². The molecule has 21 heavy (non-hydrogen) atoms. The molecule has 0 bridgehead atoms. The Kier molecular flexibility index (Phi) is 5.62. The molecule has 116 valence electrons. The molecule has 4 nitrogen and oxygen atoms in total. The third-order valence-electron chi connectivity index (χ3n) is 4.22. The maximum atomic E-state index is 10.9. The summed E-state index contributed by atoms with van der Waals surface area (Å²) < 4.78 is 5.65. The van der Waals surface area contributed by atoms with E-state index in [0.717, 1.165) is 18.9 Å². The summed E-state index contributed by atoms with van der Waals surface area (Å²) in [4.78, 5) is 13.4. The third kappa shape index (κ3) is 4.74. The number of ether oxygens (including phenoxy) is 1. The minimum atomic E-state index is -0.920. The first-order valence-electron chi connectivity index (χ1n) is 7.76. The van der Waals surface area contributed by atoms with Crippen LogP contribution in [0.3, 0.4) is 0 Å². The van der Waals surface area contributed by atoms with Crippen molar-refractivity contribution < 1.29 is 14.6 Å². The smallest absolute Gasteiger partial charge is 0.335 e. The average molecular weight is 291 g/mol. The zero-order valence-corrected chi connectivity index (χ0v) is 12.9. The van der Waals surface area contributed by atoms with Gasteiger partial charge in [0.1, 0.15) is 5.75 Å². The molecule has 0 saturated carbocycles. The van der Waals surface area contributed by atoms with Crippen molar-refractivity contribution in [2.24, 2.45) is 5.92 Å². The van der Waals surface area contributed by atoms with E-state index >= 15 is 0 Å². The van der Waals surface area contributed by atoms with Gasteiger partial charge in [-0.1, -0.05) is 13.0 Å². The fourth-order valence-electron chi connectivity index (χ4n) is 2.96. The second kappa shape index (κ2) is 7.46. The number of benzene rings is 1. The molecule has 0 aromatic heterocycles. The van der Waals surface area contributed by atoms with Crippen LogP contribution in [0.2, 0.25) is 0 Å². The molecule has 1 aliphatic rings. The predicted octanol–water partition coefficient (Wildman–Crippen LogP) is 3.27. The van der Waals surface area contributed by atoms with Crippen molar-refractivity contribution in [3.05, 3.63) is 29.8 Å². The highest BCUT2D eigenvalue weighted by molar-refractivity contribution is 5.87. The SMILES string of the molecule is CC1CCN(CCCOc2cccc(C(=O)O)c2)C(C)C1. The number of hydrogen-bond donors (Lipinski definition) is 1. The molecule has 2 atom stereocenters. The lowest BCUT2D eigenvalue weighted by Crippen LogP contribution is -2.41. The first kappa shape index (κ1) is 15.8. The van der Waals surface area contributed by atoms with Gasteiger partial charge in [0.25, 0.3) is 0 Å². The van der Waals surface area contributed by atoms with Crippen LogP contribution in [-0.4, -0.2) is 41.7 Å². The number of aromatic carboxylic acids is 1. The zero-order valence-electron chi connectivity index (χ0n) is 12.9. The molecule has 0 radical (unpaired) electrons. The maximum Gasteiger partial charge on any atom is 0.335 e. The Labute approximate surface area is 126 Å². The van der Waals surface area contributed by atoms with E-state index in [-0.39, 0.29) is 5.56 Å². The number of carboxylic acid groups (broad SMARTS) is 1. The van der Waals surface area contributed by atoms with Crippen molar-refractivity contribution in [3.8, 4) is 5.75 Å². The summed E-state index contributed by atoms with van der Waals surface area (Å²) in [5.41, 5.74) is 0.270. The monoisotopic (exact) mass is 291 g/mol. The second-order valence-corrected chi connectivity index (χ2v) is 6.05. The summed E-state index contributed by atoms with van der Waals surface area (Å²) in [5, 5.41) is 8.94. The highest BCUT2D eigenvalue weighted by Gasteiger charge is 2.21. The van der Waals surface area contributed by atoms with Gasteiger partial charge in [-0.25, -0.2) is 4.79 Å². The molecule has 2 unspecified atom stereocenters. The van der Waals surface area contributed by atoms with Crippen LogP contribution < -0.4 is 4.74 Å². The number of carbonyl (C=O) groups is 1. The number of nitrogens with zero attached hydrogens (tertiary/aromatic N) is 1. The van der Waals surface area contributed by atoms with Crippen molar-refractivity contribution in [2.75, 3.05) is 19.7 Å². The first-order valence-corrected chi connectivity index (χ1v) is 7.76. The third-order valence-corrected chi connectivity index (χ3v) is 4.22. The van der Waals surface area contributed by atoms with Crippen molar-refractivity contribution in [3.63, 3.8) is 0 Å². The highest BCUT2D eigenvalue weighted by atomic mass is 16.5. The van der Waals surface area contributed by atoms with Crippen LogP contribution in [0.15, 0.2) is 24.3 Å². The molecule has 1 N–H and O–H groups in total. The Hall–Kier alpha value is -1.55. The molecule has 2 rings (SSSR count). The van der Waals surface area contributed by atoms with Crippen molar-refractivity contribution in [2.45, 2.75) is 39.2 Å². The average Bonchev–Trinajstić information content (AvgIpc) is 2.45. The summed E-state index contributed by atoms with van der Waals surface area (Å²) in [6.07, 6.45) is 3.53. The summed E-state index contributed by atoms with van der Waals surface area (Å²) in [6, 6.07) is 7.33. The largest absolute Gasteiger partial charge is 0.494 e. The van der Waals surface area contributed by atoms with E-state index in [1.807, 2.05) is 0 Å². The van der Waals surface area contributed by atoms with Gasteiger partial charge < -0.3 is 14.7 Å². The predicted molar refractivity (Wildman–Crippen MR) is 82.9 cm³/mol. The maximum absolute atomic E-state index is 10.9. The lowest BCUT2D eigenvalue weighted by Gasteiger charge is -2.36. The fourth-order valence-corrected chi connectivity index (χ4v) is 2.96. The molecule has 1 aromatic carbocycles. The van der Waals surface area contributed by atoms with Gasteiger partial charge in [0.15, 0.2) is 0 Å². The lowest BCUT2D eigenvalue weighted by atomic mass is 9.93. The van der Waals surface area contributed by atoms with Crippen LogP contribution in [0.25, 0.3) is 0 Å². The summed E-state index contributed by atoms with van der Waals surface area (Å²) in [6.45, 7) is 7.48. The van der Waals surface area contributed by atoms with Gasteiger partial charge in [-0.2, -0.15) is 0 Å². The minimum Gasteiger partial charge on any atom is -0.494 e. The molecule has 4 heteroatoms. The Morgan fingerprint density at radius 2 is 2.24 bits per heavy atom. The van der Waals surface area contributed by atoms with Crippen molar-refractivity contribution in [1.29, 1.82) is 0 Å². The van der Waals surface area contributed by atoms with Gasteiger partial charge in [-0.05, 0) is 56.8 Å². The Bertz CT molecular complexity index is 475. The van der Waals surface area contributed by atoms with Crippen LogP contribution in [-0.2, 0) is 0 Å². The quantitative estimate of drug-likeness (QED) is 0.817. The number of rotatable bonds is 6. The van der Waals surface area contributed by atoms with Crippen LogP contribution in [0.1, 0.15) is 43.5 Å². The van der Waals surface area contributed by atoms with Gasteiger partial charge in [0.05, 0.1) is 12.2 Å². The topological polar surface area (TPSA) is 49.8 Å². The molecular weight excluding hydrogens is 266 g/mol. The normalized spacial score (nSPS) is 23.0. The summed E-state index contributed by atoms with van der Waals surface area (Å²) in [7, 11) is 0. The Morgan fingerprint density at radius 3 is 2.95 bits per heavy atom. The van der Waals surface area contributed by atoms with Crippen molar-refractivity contribution >= 4 is 5.97 Å². The van der Waals surface area contributed by atoms with Gasteiger partial charge in [-0.3, -0.25) is 0 Å². The van der Waals surface area contributed by atoms with Gasteiger partial charge in [0, 0.05) is 12.6 Å². The van der Waals surface area contributed by atoms with E-state index < -0.39 is 5.97 Å². The molecule has 0 aliphatic carbocycles. The van der Waals surface area contributed by atoms with Crippen LogP contribution in [0, 0.1) is 5.92 Å². The minimum absolute atomic E-state index is 0.270. The Morgan fingerprint density at radius 1 is 1.43 bits per heavy atom. The molecule has 1 aliphatic heterocycles. The number of likely N-dealkylation sites (tertiary alicyclic amines) is 1. The van der Waals surface area contributed by atoms with Gasteiger partial charge >= 0.3 is 5.97 Å². The molecule has 0 spiro atoms. The number of piperidine rings is 1. The molecular formula is C17H25NO3. The summed E-state index contributed by atoms with van der Waals surface area (Å²) in [5.74, 6) is 0.554. The second-order valence-electron chi connectivity index (χ2n) is 6.05.